The molecule has 0 radical (unpaired) electrons. The van der Waals surface area contributed by atoms with Crippen LogP contribution >= 0.6 is 0 Å². The summed E-state index contributed by atoms with van der Waals surface area (Å²) >= 11 is 0. The van der Waals surface area contributed by atoms with Gasteiger partial charge in [-0.2, -0.15) is 0 Å². The first kappa shape index (κ1) is 17.0. The third-order valence-corrected chi connectivity index (χ3v) is 6.85. The quantitative estimate of drug-likeness (QED) is 0.529. The van der Waals surface area contributed by atoms with Gasteiger partial charge in [0.1, 0.15) is 11.5 Å². The summed E-state index contributed by atoms with van der Waals surface area (Å²) in [6, 6.07) is 14.8. The number of pyridine rings is 2. The first-order valence-electron chi connectivity index (χ1n) is 10.6. The average molecular weight is 383 g/mol. The molecule has 1 aromatic carbocycles. The van der Waals surface area contributed by atoms with Crippen molar-refractivity contribution in [2.24, 2.45) is 0 Å². The summed E-state index contributed by atoms with van der Waals surface area (Å²) in [7, 11) is 0. The van der Waals surface area contributed by atoms with E-state index in [2.05, 4.69) is 50.2 Å². The highest BCUT2D eigenvalue weighted by Gasteiger charge is 2.35. The van der Waals surface area contributed by atoms with Crippen LogP contribution in [0.1, 0.15) is 37.7 Å². The van der Waals surface area contributed by atoms with Gasteiger partial charge in [-0.25, -0.2) is 9.97 Å². The summed E-state index contributed by atoms with van der Waals surface area (Å²) in [5, 5.41) is 2.15. The number of nitrogens with one attached hydrogen (secondary N) is 1. The van der Waals surface area contributed by atoms with Gasteiger partial charge in [0.2, 0.25) is 0 Å². The highest BCUT2D eigenvalue weighted by atomic mass is 15.2. The maximum Gasteiger partial charge on any atom is 0.138 e. The molecule has 2 atom stereocenters. The van der Waals surface area contributed by atoms with E-state index >= 15 is 0 Å². The zero-order valence-corrected chi connectivity index (χ0v) is 16.4. The number of aromatic nitrogens is 3. The number of rotatable bonds is 3. The summed E-state index contributed by atoms with van der Waals surface area (Å²) in [6.07, 6.45) is 10.7. The Balaban J connectivity index is 1.30. The molecule has 2 unspecified atom stereocenters. The number of H-pyrrole nitrogens is 1. The van der Waals surface area contributed by atoms with Crippen molar-refractivity contribution in [1.29, 1.82) is 0 Å². The molecule has 0 spiro atoms. The Bertz CT molecular complexity index is 1180. The van der Waals surface area contributed by atoms with Gasteiger partial charge in [0.25, 0.3) is 0 Å². The number of nitrogen functional groups attached to an aromatic ring is 1. The number of nitrogens with two attached hydrogens (primary N) is 1. The number of benzene rings is 1. The van der Waals surface area contributed by atoms with Gasteiger partial charge in [-0.15, -0.1) is 0 Å². The standard InChI is InChI=1S/C24H25N5/c25-23-11-20-21-10-17(12-27-24(21)28-22(20)13-26-23)16-6-4-15(5-7-16)14-29-18-2-1-3-19(29)9-8-18/h4-7,10-13,18-19H,1-3,8-9,14H2,(H2,25,26)(H,27,28). The third kappa shape index (κ3) is 2.88. The average Bonchev–Trinajstić information content (AvgIpc) is 3.19. The molecule has 2 aliphatic heterocycles. The molecule has 5 nitrogen and oxygen atoms in total. The molecule has 0 saturated carbocycles. The summed E-state index contributed by atoms with van der Waals surface area (Å²) < 4.78 is 0. The van der Waals surface area contributed by atoms with Gasteiger partial charge < -0.3 is 10.7 Å². The lowest BCUT2D eigenvalue weighted by Crippen LogP contribution is -2.38. The molecule has 0 amide bonds. The number of hydrogen-bond acceptors (Lipinski definition) is 4. The fourth-order valence-corrected chi connectivity index (χ4v) is 5.34. The molecular formula is C24H25N5. The zero-order chi connectivity index (χ0) is 19.4. The minimum Gasteiger partial charge on any atom is -0.384 e. The van der Waals surface area contributed by atoms with E-state index in [1.54, 1.807) is 6.20 Å². The van der Waals surface area contributed by atoms with Crippen LogP contribution in [0.2, 0.25) is 0 Å². The minimum absolute atomic E-state index is 0.528. The van der Waals surface area contributed by atoms with E-state index < -0.39 is 0 Å². The molecular weight excluding hydrogens is 358 g/mol. The lowest BCUT2D eigenvalue weighted by atomic mass is 10.0. The van der Waals surface area contributed by atoms with E-state index in [9.17, 15) is 0 Å². The van der Waals surface area contributed by atoms with Crippen LogP contribution in [0.25, 0.3) is 33.1 Å². The summed E-state index contributed by atoms with van der Waals surface area (Å²) in [4.78, 5) is 14.9. The maximum atomic E-state index is 5.89. The molecule has 5 heterocycles. The molecule has 5 heteroatoms. The van der Waals surface area contributed by atoms with Gasteiger partial charge >= 0.3 is 0 Å². The molecule has 4 aromatic rings. The Labute approximate surface area is 170 Å². The topological polar surface area (TPSA) is 70.8 Å². The maximum absolute atomic E-state index is 5.89. The van der Waals surface area contributed by atoms with Crippen molar-refractivity contribution in [3.8, 4) is 11.1 Å². The van der Waals surface area contributed by atoms with Crippen molar-refractivity contribution >= 4 is 27.8 Å². The van der Waals surface area contributed by atoms with Gasteiger partial charge in [-0.3, -0.25) is 4.90 Å². The second-order valence-corrected chi connectivity index (χ2v) is 8.59. The van der Waals surface area contributed by atoms with Gasteiger partial charge in [0, 0.05) is 41.2 Å². The van der Waals surface area contributed by atoms with E-state index in [1.807, 2.05) is 12.3 Å². The Hall–Kier alpha value is -2.92. The number of hydrogen-bond donors (Lipinski definition) is 2. The van der Waals surface area contributed by atoms with Crippen molar-refractivity contribution in [2.75, 3.05) is 5.73 Å². The van der Waals surface area contributed by atoms with Crippen LogP contribution in [-0.2, 0) is 6.54 Å². The second-order valence-electron chi connectivity index (χ2n) is 8.59. The van der Waals surface area contributed by atoms with Gasteiger partial charge in [0.15, 0.2) is 0 Å². The first-order chi connectivity index (χ1) is 14.2. The highest BCUT2D eigenvalue weighted by Crippen LogP contribution is 2.37. The Kier molecular flexibility index (Phi) is 3.84. The molecule has 2 aliphatic rings. The third-order valence-electron chi connectivity index (χ3n) is 6.85. The number of anilines is 1. The highest BCUT2D eigenvalue weighted by molar-refractivity contribution is 6.07. The Morgan fingerprint density at radius 3 is 2.48 bits per heavy atom. The summed E-state index contributed by atoms with van der Waals surface area (Å²) in [6.45, 7) is 1.08. The molecule has 3 aromatic heterocycles. The molecule has 6 rings (SSSR count). The molecule has 29 heavy (non-hydrogen) atoms. The van der Waals surface area contributed by atoms with Crippen molar-refractivity contribution < 1.29 is 0 Å². The first-order valence-corrected chi connectivity index (χ1v) is 10.6. The largest absolute Gasteiger partial charge is 0.384 e. The molecule has 3 N–H and O–H groups in total. The zero-order valence-electron chi connectivity index (χ0n) is 16.4. The fourth-order valence-electron chi connectivity index (χ4n) is 5.34. The second kappa shape index (κ2) is 6.56. The fraction of sp³-hybridized carbons (Fsp3) is 0.333. The van der Waals surface area contributed by atoms with Crippen molar-refractivity contribution in [1.82, 2.24) is 19.9 Å². The molecule has 2 saturated heterocycles. The summed E-state index contributed by atoms with van der Waals surface area (Å²) in [5.41, 5.74) is 11.5. The number of piperidine rings is 1. The SMILES string of the molecule is Nc1cc2c(cn1)[nH]c1ncc(-c3ccc(CN4C5CCCC4CC5)cc3)cc12. The number of aromatic amines is 1. The van der Waals surface area contributed by atoms with Crippen LogP contribution in [-0.4, -0.2) is 31.9 Å². The van der Waals surface area contributed by atoms with Gasteiger partial charge in [-0.05, 0) is 48.9 Å². The van der Waals surface area contributed by atoms with Crippen molar-refractivity contribution in [3.63, 3.8) is 0 Å². The lowest BCUT2D eigenvalue weighted by molar-refractivity contribution is 0.132. The lowest BCUT2D eigenvalue weighted by Gasteiger charge is -2.34. The van der Waals surface area contributed by atoms with Crippen molar-refractivity contribution in [3.05, 3.63) is 54.4 Å². The smallest absolute Gasteiger partial charge is 0.138 e. The van der Waals surface area contributed by atoms with E-state index in [0.717, 1.165) is 46.1 Å². The van der Waals surface area contributed by atoms with E-state index in [-0.39, 0.29) is 0 Å². The van der Waals surface area contributed by atoms with Crippen LogP contribution in [0.3, 0.4) is 0 Å². The van der Waals surface area contributed by atoms with Crippen LogP contribution in [0.15, 0.2) is 48.8 Å². The minimum atomic E-state index is 0.528. The monoisotopic (exact) mass is 383 g/mol. The van der Waals surface area contributed by atoms with Crippen LogP contribution < -0.4 is 5.73 Å². The Morgan fingerprint density at radius 2 is 1.69 bits per heavy atom. The van der Waals surface area contributed by atoms with Gasteiger partial charge in [-0.1, -0.05) is 30.7 Å². The molecule has 2 bridgehead atoms. The Morgan fingerprint density at radius 1 is 0.897 bits per heavy atom. The van der Waals surface area contributed by atoms with Gasteiger partial charge in [0.05, 0.1) is 11.7 Å². The van der Waals surface area contributed by atoms with Crippen molar-refractivity contribution in [2.45, 2.75) is 50.7 Å². The molecule has 146 valence electrons. The molecule has 0 aliphatic carbocycles. The molecule has 2 fully saturated rings. The van der Waals surface area contributed by atoms with Crippen LogP contribution in [0, 0.1) is 0 Å². The van der Waals surface area contributed by atoms with Crippen LogP contribution in [0.4, 0.5) is 5.82 Å². The number of nitrogens with zero attached hydrogens (tertiary/aromatic N) is 3. The summed E-state index contributed by atoms with van der Waals surface area (Å²) in [5.74, 6) is 0.528. The van der Waals surface area contributed by atoms with Crippen LogP contribution in [0.5, 0.6) is 0 Å². The predicted octanol–water partition coefficient (Wildman–Crippen LogP) is 4.88. The number of fused-ring (bicyclic) bond motifs is 5. The normalized spacial score (nSPS) is 21.9. The van der Waals surface area contributed by atoms with E-state index in [4.69, 9.17) is 5.73 Å². The predicted molar refractivity (Wildman–Crippen MR) is 117 cm³/mol. The van der Waals surface area contributed by atoms with E-state index in [1.165, 1.54) is 43.2 Å². The van der Waals surface area contributed by atoms with E-state index in [0.29, 0.717) is 5.82 Å².